The Kier molecular flexibility index (Phi) is 2.52. The summed E-state index contributed by atoms with van der Waals surface area (Å²) in [5.74, 6) is 6.92. The van der Waals surface area contributed by atoms with Crippen molar-refractivity contribution in [3.8, 4) is 0 Å². The Morgan fingerprint density at radius 2 is 2.08 bits per heavy atom. The number of nitrogens with zero attached hydrogens (tertiary/aromatic N) is 2. The number of nitrogens with two attached hydrogens (primary N) is 1. The molecular formula is C9H14N4. The van der Waals surface area contributed by atoms with E-state index in [1.165, 1.54) is 19.3 Å². The van der Waals surface area contributed by atoms with Gasteiger partial charge in [-0.3, -0.25) is 5.84 Å². The average molecular weight is 178 g/mol. The lowest BCUT2D eigenvalue weighted by Gasteiger charge is -2.32. The van der Waals surface area contributed by atoms with Crippen molar-refractivity contribution in [3.05, 3.63) is 24.3 Å². The summed E-state index contributed by atoms with van der Waals surface area (Å²) in [6.45, 7) is 0. The lowest BCUT2D eigenvalue weighted by atomic mass is 9.79. The zero-order chi connectivity index (χ0) is 9.10. The summed E-state index contributed by atoms with van der Waals surface area (Å²) < 4.78 is 0. The molecule has 4 heteroatoms. The molecule has 0 radical (unpaired) electrons. The Morgan fingerprint density at radius 1 is 1.38 bits per heavy atom. The molecule has 0 spiro atoms. The van der Waals surface area contributed by atoms with Crippen molar-refractivity contribution >= 4 is 0 Å². The maximum atomic E-state index is 5.49. The molecule has 4 nitrogen and oxygen atoms in total. The van der Waals surface area contributed by atoms with Gasteiger partial charge in [-0.2, -0.15) is 0 Å². The number of hydrazine groups is 1. The first-order chi connectivity index (χ1) is 6.42. The minimum absolute atomic E-state index is 0.134. The summed E-state index contributed by atoms with van der Waals surface area (Å²) in [6, 6.07) is 1.95. The van der Waals surface area contributed by atoms with Crippen molar-refractivity contribution in [1.29, 1.82) is 0 Å². The molecule has 1 aromatic rings. The molecule has 13 heavy (non-hydrogen) atoms. The number of nitrogens with one attached hydrogen (secondary N) is 1. The van der Waals surface area contributed by atoms with E-state index in [0.717, 1.165) is 5.82 Å². The van der Waals surface area contributed by atoms with E-state index < -0.39 is 0 Å². The minimum atomic E-state index is 0.134. The fourth-order valence-electron chi connectivity index (χ4n) is 1.67. The first-order valence-electron chi connectivity index (χ1n) is 4.65. The average Bonchev–Trinajstić information content (AvgIpc) is 2.12. The van der Waals surface area contributed by atoms with E-state index in [0.29, 0.717) is 5.92 Å². The van der Waals surface area contributed by atoms with Gasteiger partial charge in [-0.25, -0.2) is 15.4 Å². The van der Waals surface area contributed by atoms with Gasteiger partial charge in [0.25, 0.3) is 0 Å². The number of hydrogen-bond acceptors (Lipinski definition) is 4. The second kappa shape index (κ2) is 3.81. The van der Waals surface area contributed by atoms with Gasteiger partial charge in [-0.15, -0.1) is 0 Å². The van der Waals surface area contributed by atoms with E-state index in [1.54, 1.807) is 12.4 Å². The van der Waals surface area contributed by atoms with Crippen LogP contribution < -0.4 is 11.3 Å². The largest absolute Gasteiger partial charge is 0.271 e. The molecule has 0 bridgehead atoms. The Balaban J connectivity index is 2.12. The van der Waals surface area contributed by atoms with E-state index >= 15 is 0 Å². The van der Waals surface area contributed by atoms with Gasteiger partial charge in [0.1, 0.15) is 5.82 Å². The van der Waals surface area contributed by atoms with Gasteiger partial charge in [-0.05, 0) is 24.8 Å². The van der Waals surface area contributed by atoms with Crippen molar-refractivity contribution in [1.82, 2.24) is 15.4 Å². The zero-order valence-corrected chi connectivity index (χ0v) is 7.48. The predicted octanol–water partition coefficient (Wildman–Crippen LogP) is 0.781. The van der Waals surface area contributed by atoms with Crippen molar-refractivity contribution in [2.75, 3.05) is 0 Å². The zero-order valence-electron chi connectivity index (χ0n) is 7.48. The van der Waals surface area contributed by atoms with Crippen molar-refractivity contribution in [2.24, 2.45) is 11.8 Å². The van der Waals surface area contributed by atoms with Crippen LogP contribution in [0.3, 0.4) is 0 Å². The van der Waals surface area contributed by atoms with Gasteiger partial charge in [0.15, 0.2) is 0 Å². The molecule has 1 aliphatic rings. The highest BCUT2D eigenvalue weighted by Gasteiger charge is 2.29. The molecule has 0 aliphatic heterocycles. The van der Waals surface area contributed by atoms with Crippen LogP contribution in [-0.2, 0) is 0 Å². The molecule has 1 aliphatic carbocycles. The summed E-state index contributed by atoms with van der Waals surface area (Å²) in [7, 11) is 0. The maximum absolute atomic E-state index is 5.49. The molecule has 1 saturated carbocycles. The molecule has 3 N–H and O–H groups in total. The molecule has 1 heterocycles. The first kappa shape index (κ1) is 8.59. The Labute approximate surface area is 77.5 Å². The molecule has 70 valence electrons. The third kappa shape index (κ3) is 1.68. The number of aromatic nitrogens is 2. The summed E-state index contributed by atoms with van der Waals surface area (Å²) in [6.07, 6.45) is 7.27. The molecule has 1 aromatic heterocycles. The summed E-state index contributed by atoms with van der Waals surface area (Å²) in [5.41, 5.74) is 2.80. The van der Waals surface area contributed by atoms with Gasteiger partial charge in [-0.1, -0.05) is 6.42 Å². The van der Waals surface area contributed by atoms with Crippen LogP contribution in [0.2, 0.25) is 0 Å². The molecule has 2 rings (SSSR count). The van der Waals surface area contributed by atoms with Gasteiger partial charge >= 0.3 is 0 Å². The van der Waals surface area contributed by atoms with Crippen molar-refractivity contribution in [3.63, 3.8) is 0 Å². The lowest BCUT2D eigenvalue weighted by Crippen LogP contribution is -2.37. The second-order valence-corrected chi connectivity index (χ2v) is 3.44. The highest BCUT2D eigenvalue weighted by Crippen LogP contribution is 2.35. The van der Waals surface area contributed by atoms with Crippen molar-refractivity contribution < 1.29 is 0 Å². The normalized spacial score (nSPS) is 19.5. The molecule has 0 amide bonds. The van der Waals surface area contributed by atoms with Crippen molar-refractivity contribution in [2.45, 2.75) is 25.3 Å². The molecule has 1 unspecified atom stereocenters. The van der Waals surface area contributed by atoms with Crippen LogP contribution in [0.15, 0.2) is 18.5 Å². The van der Waals surface area contributed by atoms with Gasteiger partial charge in [0, 0.05) is 12.4 Å². The van der Waals surface area contributed by atoms with Gasteiger partial charge in [0.2, 0.25) is 0 Å². The van der Waals surface area contributed by atoms with Crippen LogP contribution in [0.4, 0.5) is 0 Å². The first-order valence-corrected chi connectivity index (χ1v) is 4.65. The molecule has 1 fully saturated rings. The standard InChI is InChI=1S/C9H14N4/c10-13-8(7-3-1-4-7)9-11-5-2-6-12-9/h2,5-8,13H,1,3-4,10H2. The smallest absolute Gasteiger partial charge is 0.146 e. The monoisotopic (exact) mass is 178 g/mol. The third-order valence-electron chi connectivity index (χ3n) is 2.66. The number of rotatable bonds is 3. The maximum Gasteiger partial charge on any atom is 0.146 e. The van der Waals surface area contributed by atoms with E-state index in [4.69, 9.17) is 5.84 Å². The summed E-state index contributed by atoms with van der Waals surface area (Å²) in [5, 5.41) is 0. The number of hydrogen-bond donors (Lipinski definition) is 2. The molecule has 0 aromatic carbocycles. The summed E-state index contributed by atoms with van der Waals surface area (Å²) in [4.78, 5) is 8.40. The van der Waals surface area contributed by atoms with Crippen LogP contribution in [0.25, 0.3) is 0 Å². The van der Waals surface area contributed by atoms with E-state index in [2.05, 4.69) is 15.4 Å². The fraction of sp³-hybridized carbons (Fsp3) is 0.556. The Hall–Kier alpha value is -1.00. The van der Waals surface area contributed by atoms with Crippen LogP contribution in [0.5, 0.6) is 0 Å². The predicted molar refractivity (Wildman–Crippen MR) is 49.4 cm³/mol. The second-order valence-electron chi connectivity index (χ2n) is 3.44. The molecule has 1 atom stereocenters. The van der Waals surface area contributed by atoms with Gasteiger partial charge < -0.3 is 0 Å². The van der Waals surface area contributed by atoms with E-state index in [-0.39, 0.29) is 6.04 Å². The topological polar surface area (TPSA) is 63.8 Å². The quantitative estimate of drug-likeness (QED) is 0.530. The van der Waals surface area contributed by atoms with E-state index in [1.807, 2.05) is 6.07 Å². The Bertz CT molecular complexity index is 258. The minimum Gasteiger partial charge on any atom is -0.271 e. The highest BCUT2D eigenvalue weighted by atomic mass is 15.2. The Morgan fingerprint density at radius 3 is 2.54 bits per heavy atom. The summed E-state index contributed by atoms with van der Waals surface area (Å²) >= 11 is 0. The van der Waals surface area contributed by atoms with Crippen LogP contribution in [0, 0.1) is 5.92 Å². The van der Waals surface area contributed by atoms with Crippen LogP contribution >= 0.6 is 0 Å². The van der Waals surface area contributed by atoms with E-state index in [9.17, 15) is 0 Å². The third-order valence-corrected chi connectivity index (χ3v) is 2.66. The van der Waals surface area contributed by atoms with Crippen LogP contribution in [-0.4, -0.2) is 9.97 Å². The lowest BCUT2D eigenvalue weighted by molar-refractivity contribution is 0.225. The van der Waals surface area contributed by atoms with Crippen LogP contribution in [0.1, 0.15) is 31.1 Å². The molecular weight excluding hydrogens is 164 g/mol. The fourth-order valence-corrected chi connectivity index (χ4v) is 1.67. The van der Waals surface area contributed by atoms with Gasteiger partial charge in [0.05, 0.1) is 6.04 Å². The highest BCUT2D eigenvalue weighted by molar-refractivity contribution is 4.99. The SMILES string of the molecule is NNC(c1ncccn1)C1CCC1. The molecule has 0 saturated heterocycles.